The highest BCUT2D eigenvalue weighted by atomic mass is 16.3. The number of aliphatic hydroxyl groups excluding tert-OH is 2. The van der Waals surface area contributed by atoms with Gasteiger partial charge in [-0.3, -0.25) is 0 Å². The van der Waals surface area contributed by atoms with E-state index in [1.165, 1.54) is 19.3 Å². The van der Waals surface area contributed by atoms with E-state index in [0.717, 1.165) is 30.6 Å². The van der Waals surface area contributed by atoms with E-state index in [1.54, 1.807) is 0 Å². The van der Waals surface area contributed by atoms with Gasteiger partial charge in [-0.05, 0) is 77.9 Å². The first-order chi connectivity index (χ1) is 10.2. The van der Waals surface area contributed by atoms with Crippen molar-refractivity contribution < 1.29 is 10.2 Å². The van der Waals surface area contributed by atoms with Crippen molar-refractivity contribution in [1.82, 2.24) is 0 Å². The molecule has 126 valence electrons. The summed E-state index contributed by atoms with van der Waals surface area (Å²) in [4.78, 5) is 0. The van der Waals surface area contributed by atoms with Gasteiger partial charge in [-0.1, -0.05) is 34.6 Å². The average Bonchev–Trinajstić information content (AvgIpc) is 3.00. The maximum Gasteiger partial charge on any atom is 0.0860 e. The Bertz CT molecular complexity index is 488. The molecule has 4 aliphatic carbocycles. The molecule has 4 rings (SSSR count). The first kappa shape index (κ1) is 15.4. The Balaban J connectivity index is 1.78. The van der Waals surface area contributed by atoms with Crippen LogP contribution in [-0.4, -0.2) is 22.4 Å². The van der Waals surface area contributed by atoms with Crippen LogP contribution in [0.2, 0.25) is 0 Å². The van der Waals surface area contributed by atoms with Crippen molar-refractivity contribution in [3.63, 3.8) is 0 Å². The Kier molecular flexibility index (Phi) is 3.02. The van der Waals surface area contributed by atoms with Crippen molar-refractivity contribution in [2.24, 2.45) is 45.8 Å². The van der Waals surface area contributed by atoms with Crippen molar-refractivity contribution in [3.8, 4) is 0 Å². The number of aliphatic hydroxyl groups is 2. The average molecular weight is 306 g/mol. The van der Waals surface area contributed by atoms with Gasteiger partial charge in [0, 0.05) is 0 Å². The molecule has 0 bridgehead atoms. The third-order valence-corrected chi connectivity index (χ3v) is 8.98. The van der Waals surface area contributed by atoms with E-state index in [-0.39, 0.29) is 10.8 Å². The van der Waals surface area contributed by atoms with E-state index in [1.807, 2.05) is 0 Å². The molecule has 0 unspecified atom stereocenters. The molecule has 9 atom stereocenters. The van der Waals surface area contributed by atoms with E-state index in [9.17, 15) is 10.2 Å². The quantitative estimate of drug-likeness (QED) is 0.772. The van der Waals surface area contributed by atoms with E-state index in [2.05, 4.69) is 34.6 Å². The fourth-order valence-electron chi connectivity index (χ4n) is 7.30. The summed E-state index contributed by atoms with van der Waals surface area (Å²) in [6.07, 6.45) is 5.16. The lowest BCUT2D eigenvalue weighted by atomic mass is 9.46. The summed E-state index contributed by atoms with van der Waals surface area (Å²) < 4.78 is 0. The molecule has 4 aliphatic rings. The van der Waals surface area contributed by atoms with Crippen LogP contribution in [0.3, 0.4) is 0 Å². The van der Waals surface area contributed by atoms with E-state index in [4.69, 9.17) is 0 Å². The summed E-state index contributed by atoms with van der Waals surface area (Å²) in [5, 5.41) is 21.7. The highest BCUT2D eigenvalue weighted by Gasteiger charge is 2.74. The van der Waals surface area contributed by atoms with Gasteiger partial charge in [0.05, 0.1) is 12.2 Å². The Morgan fingerprint density at radius 3 is 2.14 bits per heavy atom. The highest BCUT2D eigenvalue weighted by molar-refractivity contribution is 5.22. The zero-order valence-electron chi connectivity index (χ0n) is 15.0. The van der Waals surface area contributed by atoms with Crippen LogP contribution < -0.4 is 0 Å². The van der Waals surface area contributed by atoms with Gasteiger partial charge in [0.25, 0.3) is 0 Å². The predicted molar refractivity (Wildman–Crippen MR) is 88.2 cm³/mol. The lowest BCUT2D eigenvalue weighted by molar-refractivity contribution is -0.193. The van der Waals surface area contributed by atoms with Crippen LogP contribution in [0.5, 0.6) is 0 Å². The molecule has 0 aliphatic heterocycles. The molecule has 2 N–H and O–H groups in total. The maximum atomic E-state index is 11.0. The molecule has 0 aromatic heterocycles. The number of hydrogen-bond acceptors (Lipinski definition) is 2. The Morgan fingerprint density at radius 1 is 0.864 bits per heavy atom. The minimum atomic E-state index is -0.529. The molecule has 4 fully saturated rings. The van der Waals surface area contributed by atoms with Crippen LogP contribution in [0.4, 0.5) is 0 Å². The van der Waals surface area contributed by atoms with Gasteiger partial charge >= 0.3 is 0 Å². The fourth-order valence-corrected chi connectivity index (χ4v) is 7.30. The topological polar surface area (TPSA) is 40.5 Å². The first-order valence-corrected chi connectivity index (χ1v) is 9.51. The summed E-state index contributed by atoms with van der Waals surface area (Å²) in [5.41, 5.74) is 0.401. The van der Waals surface area contributed by atoms with Gasteiger partial charge in [0.15, 0.2) is 0 Å². The van der Waals surface area contributed by atoms with Crippen molar-refractivity contribution in [3.05, 3.63) is 0 Å². The summed E-state index contributed by atoms with van der Waals surface area (Å²) in [6.45, 7) is 11.8. The van der Waals surface area contributed by atoms with Crippen LogP contribution in [-0.2, 0) is 0 Å². The van der Waals surface area contributed by atoms with Gasteiger partial charge in [-0.15, -0.1) is 0 Å². The number of rotatable bonds is 1. The zero-order valence-corrected chi connectivity index (χ0v) is 15.0. The molecule has 4 saturated carbocycles. The molecule has 0 aromatic carbocycles. The van der Waals surface area contributed by atoms with E-state index < -0.39 is 12.2 Å². The fraction of sp³-hybridized carbons (Fsp3) is 1.00. The van der Waals surface area contributed by atoms with Crippen LogP contribution in [0, 0.1) is 45.8 Å². The van der Waals surface area contributed by atoms with Crippen molar-refractivity contribution in [2.45, 2.75) is 78.9 Å². The lowest BCUT2D eigenvalue weighted by Crippen LogP contribution is -2.60. The Labute approximate surface area is 135 Å². The van der Waals surface area contributed by atoms with Crippen molar-refractivity contribution in [1.29, 1.82) is 0 Å². The minimum absolute atomic E-state index is 0.00797. The second kappa shape index (κ2) is 4.30. The molecule has 0 radical (unpaired) electrons. The Hall–Kier alpha value is -0.0800. The largest absolute Gasteiger partial charge is 0.390 e. The zero-order chi connectivity index (χ0) is 16.1. The van der Waals surface area contributed by atoms with Crippen LogP contribution in [0.1, 0.15) is 66.7 Å². The molecule has 0 aromatic rings. The number of fused-ring (bicyclic) bond motifs is 5. The Morgan fingerprint density at radius 2 is 1.50 bits per heavy atom. The smallest absolute Gasteiger partial charge is 0.0860 e. The normalized spacial score (nSPS) is 63.3. The summed E-state index contributed by atoms with van der Waals surface area (Å²) in [7, 11) is 0. The molecule has 0 saturated heterocycles. The molecule has 2 nitrogen and oxygen atoms in total. The van der Waals surface area contributed by atoms with Gasteiger partial charge in [-0.2, -0.15) is 0 Å². The standard InChI is InChI=1S/C20H34O2/c1-11(2)12-6-7-18(3)8-9-19(4)15(14(12)18)13-10-20(13,5)17(22)16(19)21/h11-17,21-22H,6-10H2,1-5H3/t12-,13+,14-,15-,16-,17-,18-,19-,20+/m1/s1. The molecule has 0 amide bonds. The molecule has 0 heterocycles. The van der Waals surface area contributed by atoms with Gasteiger partial charge in [0.2, 0.25) is 0 Å². The van der Waals surface area contributed by atoms with Crippen LogP contribution in [0.15, 0.2) is 0 Å². The van der Waals surface area contributed by atoms with Crippen LogP contribution in [0.25, 0.3) is 0 Å². The summed E-state index contributed by atoms with van der Waals surface area (Å²) in [5.74, 6) is 3.55. The second-order valence-electron chi connectivity index (χ2n) is 10.4. The SMILES string of the molecule is CC(C)[C@H]1CC[C@]2(C)CC[C@]3(C)[C@@H]([C@@H]12)[C@@H]1C[C@]1(C)[C@H](O)[C@H]3O. The maximum absolute atomic E-state index is 11.0. The van der Waals surface area contributed by atoms with E-state index in [0.29, 0.717) is 17.3 Å². The molecular formula is C20H34O2. The first-order valence-electron chi connectivity index (χ1n) is 9.51. The molecule has 0 spiro atoms. The molecule has 22 heavy (non-hydrogen) atoms. The lowest BCUT2D eigenvalue weighted by Gasteiger charge is -2.60. The van der Waals surface area contributed by atoms with Crippen molar-refractivity contribution in [2.75, 3.05) is 0 Å². The van der Waals surface area contributed by atoms with Gasteiger partial charge < -0.3 is 10.2 Å². The van der Waals surface area contributed by atoms with Gasteiger partial charge in [-0.25, -0.2) is 0 Å². The van der Waals surface area contributed by atoms with Crippen molar-refractivity contribution >= 4 is 0 Å². The third kappa shape index (κ3) is 1.64. The van der Waals surface area contributed by atoms with E-state index >= 15 is 0 Å². The predicted octanol–water partition coefficient (Wildman–Crippen LogP) is 3.85. The molecular weight excluding hydrogens is 272 g/mol. The van der Waals surface area contributed by atoms with Crippen LogP contribution >= 0.6 is 0 Å². The monoisotopic (exact) mass is 306 g/mol. The molecule has 2 heteroatoms. The third-order valence-electron chi connectivity index (χ3n) is 8.98. The summed E-state index contributed by atoms with van der Waals surface area (Å²) >= 11 is 0. The van der Waals surface area contributed by atoms with Gasteiger partial charge in [0.1, 0.15) is 0 Å². The second-order valence-corrected chi connectivity index (χ2v) is 10.4. The summed E-state index contributed by atoms with van der Waals surface area (Å²) in [6, 6.07) is 0. The minimum Gasteiger partial charge on any atom is -0.390 e. The number of hydrogen-bond donors (Lipinski definition) is 2. The highest BCUT2D eigenvalue weighted by Crippen LogP contribution is 2.76.